The highest BCUT2D eigenvalue weighted by Gasteiger charge is 1.99. The minimum atomic E-state index is -1.30. The zero-order chi connectivity index (χ0) is 7.98. The van der Waals surface area contributed by atoms with Crippen molar-refractivity contribution in [3.05, 3.63) is 11.8 Å². The highest BCUT2D eigenvalue weighted by molar-refractivity contribution is 5.55. The van der Waals surface area contributed by atoms with Crippen molar-refractivity contribution in [1.29, 1.82) is 0 Å². The molecule has 0 unspecified atom stereocenters. The summed E-state index contributed by atoms with van der Waals surface area (Å²) in [5.41, 5.74) is 0.692. The number of aliphatic imine (C=N–C) groups is 1. The van der Waals surface area contributed by atoms with E-state index in [1.54, 1.807) is 19.2 Å². The average Bonchev–Trinajstić information content (AvgIpc) is 1.86. The van der Waals surface area contributed by atoms with Gasteiger partial charge in [0.2, 0.25) is 0 Å². The molecule has 0 aromatic heterocycles. The number of hydrogen-bond acceptors (Lipinski definition) is 3. The second kappa shape index (κ2) is 5.14. The van der Waals surface area contributed by atoms with Gasteiger partial charge in [-0.05, 0) is 13.8 Å². The van der Waals surface area contributed by atoms with E-state index in [0.29, 0.717) is 5.70 Å². The summed E-state index contributed by atoms with van der Waals surface area (Å²) in [6.07, 6.45) is 2.27. The lowest BCUT2D eigenvalue weighted by Crippen LogP contribution is -2.04. The first-order valence-electron chi connectivity index (χ1n) is 3.20. The zero-order valence-corrected chi connectivity index (χ0v) is 6.28. The van der Waals surface area contributed by atoms with Gasteiger partial charge in [-0.2, -0.15) is 0 Å². The summed E-state index contributed by atoms with van der Waals surface area (Å²) in [5.74, 6) is 0. The van der Waals surface area contributed by atoms with Crippen molar-refractivity contribution < 1.29 is 10.2 Å². The summed E-state index contributed by atoms with van der Waals surface area (Å²) < 4.78 is 0. The Morgan fingerprint density at radius 1 is 1.50 bits per heavy atom. The molecule has 0 rings (SSSR count). The van der Waals surface area contributed by atoms with Crippen LogP contribution in [-0.4, -0.2) is 22.7 Å². The van der Waals surface area contributed by atoms with Crippen LogP contribution in [-0.2, 0) is 0 Å². The van der Waals surface area contributed by atoms with Gasteiger partial charge in [0.05, 0.1) is 0 Å². The summed E-state index contributed by atoms with van der Waals surface area (Å²) in [5, 5.41) is 17.0. The molecule has 3 heteroatoms. The van der Waals surface area contributed by atoms with Crippen molar-refractivity contribution in [2.45, 2.75) is 26.6 Å². The monoisotopic (exact) mass is 143 g/mol. The SMILES string of the molecule is C/C=N\C(=C/C)CC(O)O. The Hall–Kier alpha value is -0.670. The second-order valence-corrected chi connectivity index (χ2v) is 1.85. The fourth-order valence-electron chi connectivity index (χ4n) is 0.598. The molecule has 0 fully saturated rings. The van der Waals surface area contributed by atoms with Crippen LogP contribution in [0.2, 0.25) is 0 Å². The Morgan fingerprint density at radius 3 is 2.40 bits per heavy atom. The van der Waals surface area contributed by atoms with Gasteiger partial charge in [-0.3, -0.25) is 4.99 Å². The van der Waals surface area contributed by atoms with Crippen molar-refractivity contribution in [2.75, 3.05) is 0 Å². The van der Waals surface area contributed by atoms with Gasteiger partial charge in [0, 0.05) is 18.3 Å². The Kier molecular flexibility index (Phi) is 4.80. The standard InChI is InChI=1S/C7H13NO2/c1-3-6(8-4-2)5-7(9)10/h3-4,7,9-10H,5H2,1-2H3/b6-3-,8-4-. The molecular weight excluding hydrogens is 130 g/mol. The Morgan fingerprint density at radius 2 is 2.10 bits per heavy atom. The summed E-state index contributed by atoms with van der Waals surface area (Å²) >= 11 is 0. The minimum absolute atomic E-state index is 0.195. The van der Waals surface area contributed by atoms with Crippen molar-refractivity contribution in [3.63, 3.8) is 0 Å². The molecule has 0 aliphatic rings. The van der Waals surface area contributed by atoms with E-state index in [9.17, 15) is 0 Å². The Bertz CT molecular complexity index is 139. The molecule has 10 heavy (non-hydrogen) atoms. The highest BCUT2D eigenvalue weighted by atomic mass is 16.5. The maximum Gasteiger partial charge on any atom is 0.157 e. The lowest BCUT2D eigenvalue weighted by Gasteiger charge is -2.01. The fraction of sp³-hybridized carbons (Fsp3) is 0.571. The zero-order valence-electron chi connectivity index (χ0n) is 6.28. The molecule has 0 aromatic carbocycles. The van der Waals surface area contributed by atoms with Gasteiger partial charge in [0.25, 0.3) is 0 Å². The molecule has 3 nitrogen and oxygen atoms in total. The topological polar surface area (TPSA) is 52.8 Å². The average molecular weight is 143 g/mol. The third-order valence-corrected chi connectivity index (χ3v) is 1.02. The van der Waals surface area contributed by atoms with Crippen LogP contribution in [0.5, 0.6) is 0 Å². The van der Waals surface area contributed by atoms with Crippen LogP contribution in [0.25, 0.3) is 0 Å². The predicted octanol–water partition coefficient (Wildman–Crippen LogP) is 0.682. The number of allylic oxidation sites excluding steroid dienone is 1. The molecule has 0 atom stereocenters. The van der Waals surface area contributed by atoms with Crippen LogP contribution >= 0.6 is 0 Å². The van der Waals surface area contributed by atoms with Crippen LogP contribution < -0.4 is 0 Å². The van der Waals surface area contributed by atoms with E-state index < -0.39 is 6.29 Å². The summed E-state index contributed by atoms with van der Waals surface area (Å²) in [6.45, 7) is 3.60. The highest BCUT2D eigenvalue weighted by Crippen LogP contribution is 2.03. The summed E-state index contributed by atoms with van der Waals surface area (Å²) in [7, 11) is 0. The maximum atomic E-state index is 8.52. The van der Waals surface area contributed by atoms with E-state index in [1.807, 2.05) is 6.92 Å². The quantitative estimate of drug-likeness (QED) is 0.451. The molecule has 0 radical (unpaired) electrons. The van der Waals surface area contributed by atoms with Crippen molar-refractivity contribution >= 4 is 6.21 Å². The van der Waals surface area contributed by atoms with Gasteiger partial charge < -0.3 is 10.2 Å². The summed E-state index contributed by atoms with van der Waals surface area (Å²) in [6, 6.07) is 0. The van der Waals surface area contributed by atoms with E-state index in [0.717, 1.165) is 0 Å². The van der Waals surface area contributed by atoms with E-state index >= 15 is 0 Å². The molecule has 0 aliphatic heterocycles. The van der Waals surface area contributed by atoms with Crippen LogP contribution in [0.3, 0.4) is 0 Å². The van der Waals surface area contributed by atoms with E-state index in [1.165, 1.54) is 0 Å². The van der Waals surface area contributed by atoms with Crippen molar-refractivity contribution in [1.82, 2.24) is 0 Å². The number of aliphatic hydroxyl groups is 2. The predicted molar refractivity (Wildman–Crippen MR) is 40.8 cm³/mol. The first-order valence-corrected chi connectivity index (χ1v) is 3.20. The van der Waals surface area contributed by atoms with E-state index in [2.05, 4.69) is 4.99 Å². The molecule has 0 spiro atoms. The van der Waals surface area contributed by atoms with Gasteiger partial charge in [-0.25, -0.2) is 0 Å². The molecular formula is C7H13NO2. The third-order valence-electron chi connectivity index (χ3n) is 1.02. The van der Waals surface area contributed by atoms with Crippen molar-refractivity contribution in [2.24, 2.45) is 4.99 Å². The largest absolute Gasteiger partial charge is 0.368 e. The molecule has 2 N–H and O–H groups in total. The number of rotatable bonds is 3. The second-order valence-electron chi connectivity index (χ2n) is 1.85. The third kappa shape index (κ3) is 4.23. The smallest absolute Gasteiger partial charge is 0.157 e. The first kappa shape index (κ1) is 9.33. The van der Waals surface area contributed by atoms with Gasteiger partial charge in [-0.15, -0.1) is 0 Å². The normalized spacial score (nSPS) is 13.5. The molecule has 0 bridgehead atoms. The van der Waals surface area contributed by atoms with Gasteiger partial charge in [0.1, 0.15) is 0 Å². The first-order chi connectivity index (χ1) is 4.70. The van der Waals surface area contributed by atoms with Crippen LogP contribution in [0.4, 0.5) is 0 Å². The molecule has 0 aromatic rings. The molecule has 58 valence electrons. The van der Waals surface area contributed by atoms with Gasteiger partial charge >= 0.3 is 0 Å². The van der Waals surface area contributed by atoms with Gasteiger partial charge in [0.15, 0.2) is 6.29 Å². The van der Waals surface area contributed by atoms with Crippen LogP contribution in [0.1, 0.15) is 20.3 Å². The molecule has 0 aliphatic carbocycles. The number of hydrogen-bond donors (Lipinski definition) is 2. The Balaban J connectivity index is 3.86. The van der Waals surface area contributed by atoms with Crippen molar-refractivity contribution in [3.8, 4) is 0 Å². The molecule has 0 amide bonds. The number of aliphatic hydroxyl groups excluding tert-OH is 1. The molecule has 0 saturated carbocycles. The Labute approximate surface area is 60.7 Å². The molecule has 0 saturated heterocycles. The molecule has 0 heterocycles. The van der Waals surface area contributed by atoms with E-state index in [4.69, 9.17) is 10.2 Å². The minimum Gasteiger partial charge on any atom is -0.368 e. The summed E-state index contributed by atoms with van der Waals surface area (Å²) in [4.78, 5) is 3.90. The lowest BCUT2D eigenvalue weighted by molar-refractivity contribution is -0.0382. The van der Waals surface area contributed by atoms with Crippen LogP contribution in [0.15, 0.2) is 16.8 Å². The number of nitrogens with zero attached hydrogens (tertiary/aromatic N) is 1. The van der Waals surface area contributed by atoms with Gasteiger partial charge in [-0.1, -0.05) is 6.08 Å². The van der Waals surface area contributed by atoms with E-state index in [-0.39, 0.29) is 6.42 Å². The fourth-order valence-corrected chi connectivity index (χ4v) is 0.598. The lowest BCUT2D eigenvalue weighted by atomic mass is 10.3. The van der Waals surface area contributed by atoms with Crippen LogP contribution in [0, 0.1) is 0 Å². The maximum absolute atomic E-state index is 8.52.